The Kier molecular flexibility index (Phi) is 6.21. The molecule has 1 unspecified atom stereocenters. The topological polar surface area (TPSA) is 62.2 Å². The first-order valence-corrected chi connectivity index (χ1v) is 8.46. The number of benzene rings is 1. The molecule has 0 saturated carbocycles. The Bertz CT molecular complexity index is 626. The van der Waals surface area contributed by atoms with E-state index in [9.17, 15) is 9.90 Å². The first-order chi connectivity index (χ1) is 10.6. The van der Waals surface area contributed by atoms with Crippen molar-refractivity contribution >= 4 is 28.4 Å². The van der Waals surface area contributed by atoms with Crippen molar-refractivity contribution in [2.24, 2.45) is 5.92 Å². The molecule has 0 aliphatic rings. The lowest BCUT2D eigenvalue weighted by Crippen LogP contribution is -2.33. The summed E-state index contributed by atoms with van der Waals surface area (Å²) in [5.74, 6) is 0.638. The number of hydrogen-bond donors (Lipinski definition) is 2. The van der Waals surface area contributed by atoms with Crippen LogP contribution in [0.2, 0.25) is 0 Å². The number of carbonyl (C=O) groups is 1. The molecule has 0 fully saturated rings. The van der Waals surface area contributed by atoms with Gasteiger partial charge >= 0.3 is 0 Å². The molecular weight excluding hydrogens is 296 g/mol. The average Bonchev–Trinajstić information content (AvgIpc) is 2.50. The molecule has 2 N–H and O–H groups in total. The van der Waals surface area contributed by atoms with Gasteiger partial charge in [-0.3, -0.25) is 4.79 Å². The second-order valence-corrected chi connectivity index (χ2v) is 6.68. The number of fused-ring (bicyclic) bond motifs is 1. The molecule has 0 saturated heterocycles. The molecule has 0 spiro atoms. The lowest BCUT2D eigenvalue weighted by molar-refractivity contribution is -0.119. The molecule has 1 aromatic heterocycles. The molecule has 118 valence electrons. The summed E-state index contributed by atoms with van der Waals surface area (Å²) >= 11 is 1.42. The molecule has 4 nitrogen and oxygen atoms in total. The van der Waals surface area contributed by atoms with Gasteiger partial charge in [-0.15, -0.1) is 0 Å². The first kappa shape index (κ1) is 16.8. The maximum Gasteiger partial charge on any atom is 0.230 e. The van der Waals surface area contributed by atoms with Crippen LogP contribution in [0.15, 0.2) is 41.6 Å². The molecule has 0 aliphatic carbocycles. The van der Waals surface area contributed by atoms with Crippen LogP contribution in [0, 0.1) is 5.92 Å². The van der Waals surface area contributed by atoms with E-state index in [-0.39, 0.29) is 5.91 Å². The summed E-state index contributed by atoms with van der Waals surface area (Å²) in [5, 5.41) is 15.6. The van der Waals surface area contributed by atoms with Crippen LogP contribution in [0.5, 0.6) is 0 Å². The highest BCUT2D eigenvalue weighted by atomic mass is 32.2. The fraction of sp³-hybridized carbons (Fsp3) is 0.412. The van der Waals surface area contributed by atoms with Crippen molar-refractivity contribution in [2.75, 3.05) is 12.3 Å². The Labute approximate surface area is 135 Å². The fourth-order valence-electron chi connectivity index (χ4n) is 2.25. The number of hydrogen-bond acceptors (Lipinski definition) is 4. The molecular formula is C17H22N2O2S. The van der Waals surface area contributed by atoms with Crippen LogP contribution >= 0.6 is 11.8 Å². The number of aliphatic hydroxyl groups excluding tert-OH is 1. The van der Waals surface area contributed by atoms with Crippen molar-refractivity contribution in [3.63, 3.8) is 0 Å². The summed E-state index contributed by atoms with van der Waals surface area (Å²) in [6.07, 6.45) is 1.97. The monoisotopic (exact) mass is 318 g/mol. The number of pyridine rings is 1. The number of nitrogens with one attached hydrogen (secondary N) is 1. The van der Waals surface area contributed by atoms with Crippen molar-refractivity contribution in [1.82, 2.24) is 10.3 Å². The van der Waals surface area contributed by atoms with Gasteiger partial charge < -0.3 is 10.4 Å². The second-order valence-electron chi connectivity index (χ2n) is 5.71. The summed E-state index contributed by atoms with van der Waals surface area (Å²) in [6, 6.07) is 9.95. The molecule has 1 amide bonds. The van der Waals surface area contributed by atoms with Crippen molar-refractivity contribution in [3.8, 4) is 0 Å². The van der Waals surface area contributed by atoms with Gasteiger partial charge in [0.2, 0.25) is 5.91 Å². The summed E-state index contributed by atoms with van der Waals surface area (Å²) < 4.78 is 0. The van der Waals surface area contributed by atoms with Crippen LogP contribution in [-0.2, 0) is 4.79 Å². The first-order valence-electron chi connectivity index (χ1n) is 7.47. The normalized spacial score (nSPS) is 12.5. The predicted molar refractivity (Wildman–Crippen MR) is 90.9 cm³/mol. The van der Waals surface area contributed by atoms with Gasteiger partial charge in [-0.1, -0.05) is 49.9 Å². The van der Waals surface area contributed by atoms with E-state index in [0.717, 1.165) is 15.8 Å². The molecule has 0 bridgehead atoms. The zero-order chi connectivity index (χ0) is 15.9. The third-order valence-electron chi connectivity index (χ3n) is 3.26. The number of aliphatic hydroxyl groups is 1. The highest BCUT2D eigenvalue weighted by Crippen LogP contribution is 2.25. The maximum atomic E-state index is 11.9. The van der Waals surface area contributed by atoms with E-state index in [2.05, 4.69) is 10.3 Å². The third kappa shape index (κ3) is 5.00. The Morgan fingerprint density at radius 2 is 2.09 bits per heavy atom. The zero-order valence-electron chi connectivity index (χ0n) is 13.0. The van der Waals surface area contributed by atoms with Gasteiger partial charge in [0.25, 0.3) is 0 Å². The molecule has 0 radical (unpaired) electrons. The van der Waals surface area contributed by atoms with Gasteiger partial charge in [0.1, 0.15) is 5.03 Å². The number of carbonyl (C=O) groups excluding carboxylic acids is 1. The second kappa shape index (κ2) is 8.15. The van der Waals surface area contributed by atoms with Crippen molar-refractivity contribution in [1.29, 1.82) is 0 Å². The SMILES string of the molecule is CC(C)CC(O)CNC(=O)CSc1nccc2ccccc12. The molecule has 2 aromatic rings. The number of amides is 1. The Balaban J connectivity index is 1.85. The van der Waals surface area contributed by atoms with Crippen molar-refractivity contribution in [3.05, 3.63) is 36.5 Å². The summed E-state index contributed by atoms with van der Waals surface area (Å²) in [6.45, 7) is 4.40. The quantitative estimate of drug-likeness (QED) is 0.771. The van der Waals surface area contributed by atoms with Gasteiger partial charge in [-0.25, -0.2) is 4.98 Å². The fourth-order valence-corrected chi connectivity index (χ4v) is 3.10. The van der Waals surface area contributed by atoms with E-state index >= 15 is 0 Å². The molecule has 1 atom stereocenters. The van der Waals surface area contributed by atoms with Gasteiger partial charge in [0.15, 0.2) is 0 Å². The third-order valence-corrected chi connectivity index (χ3v) is 4.26. The van der Waals surface area contributed by atoms with Crippen LogP contribution in [0.1, 0.15) is 20.3 Å². The van der Waals surface area contributed by atoms with Gasteiger partial charge in [0, 0.05) is 18.1 Å². The van der Waals surface area contributed by atoms with Crippen LogP contribution in [0.3, 0.4) is 0 Å². The highest BCUT2D eigenvalue weighted by molar-refractivity contribution is 8.00. The van der Waals surface area contributed by atoms with E-state index in [1.807, 2.05) is 44.2 Å². The lowest BCUT2D eigenvalue weighted by atomic mass is 10.1. The van der Waals surface area contributed by atoms with Crippen LogP contribution in [-0.4, -0.2) is 34.4 Å². The van der Waals surface area contributed by atoms with Gasteiger partial charge in [-0.2, -0.15) is 0 Å². The van der Waals surface area contributed by atoms with Crippen LogP contribution in [0.4, 0.5) is 0 Å². The molecule has 1 aromatic carbocycles. The molecule has 1 heterocycles. The zero-order valence-corrected chi connectivity index (χ0v) is 13.8. The van der Waals surface area contributed by atoms with E-state index in [0.29, 0.717) is 24.6 Å². The van der Waals surface area contributed by atoms with E-state index in [4.69, 9.17) is 0 Å². The van der Waals surface area contributed by atoms with Gasteiger partial charge in [-0.05, 0) is 23.8 Å². The minimum atomic E-state index is -0.482. The minimum Gasteiger partial charge on any atom is -0.391 e. The van der Waals surface area contributed by atoms with E-state index in [1.54, 1.807) is 6.20 Å². The number of aromatic nitrogens is 1. The van der Waals surface area contributed by atoms with E-state index < -0.39 is 6.10 Å². The van der Waals surface area contributed by atoms with Crippen LogP contribution in [0.25, 0.3) is 10.8 Å². The summed E-state index contributed by atoms with van der Waals surface area (Å²) in [5.41, 5.74) is 0. The smallest absolute Gasteiger partial charge is 0.230 e. The van der Waals surface area contributed by atoms with E-state index in [1.165, 1.54) is 11.8 Å². The lowest BCUT2D eigenvalue weighted by Gasteiger charge is -2.13. The maximum absolute atomic E-state index is 11.9. The largest absolute Gasteiger partial charge is 0.391 e. The average molecular weight is 318 g/mol. The molecule has 5 heteroatoms. The summed E-state index contributed by atoms with van der Waals surface area (Å²) in [7, 11) is 0. The highest BCUT2D eigenvalue weighted by Gasteiger charge is 2.10. The van der Waals surface area contributed by atoms with Gasteiger partial charge in [0.05, 0.1) is 11.9 Å². The van der Waals surface area contributed by atoms with Crippen molar-refractivity contribution < 1.29 is 9.90 Å². The number of nitrogens with zero attached hydrogens (tertiary/aromatic N) is 1. The Hall–Kier alpha value is -1.59. The standard InChI is InChI=1S/C17H22N2O2S/c1-12(2)9-14(20)10-19-16(21)11-22-17-15-6-4-3-5-13(15)7-8-18-17/h3-8,12,14,20H,9-11H2,1-2H3,(H,19,21). The molecule has 2 rings (SSSR count). The minimum absolute atomic E-state index is 0.0810. The molecule has 0 aliphatic heterocycles. The Morgan fingerprint density at radius 3 is 2.86 bits per heavy atom. The number of rotatable bonds is 7. The number of thioether (sulfide) groups is 1. The molecule has 22 heavy (non-hydrogen) atoms. The van der Waals surface area contributed by atoms with Crippen molar-refractivity contribution in [2.45, 2.75) is 31.4 Å². The summed E-state index contributed by atoms with van der Waals surface area (Å²) in [4.78, 5) is 16.2. The van der Waals surface area contributed by atoms with Crippen LogP contribution < -0.4 is 5.32 Å². The predicted octanol–water partition coefficient (Wildman–Crippen LogP) is 2.85. The Morgan fingerprint density at radius 1 is 1.32 bits per heavy atom.